The Labute approximate surface area is 108 Å². The first-order valence-electron chi connectivity index (χ1n) is 5.22. The molecular formula is C12H10N4OS. The normalized spacial score (nSPS) is 9.50. The summed E-state index contributed by atoms with van der Waals surface area (Å²) in [6.45, 7) is 0.118. The third kappa shape index (κ3) is 3.06. The third-order valence-corrected chi connectivity index (χ3v) is 2.88. The zero-order chi connectivity index (χ0) is 12.8. The van der Waals surface area contributed by atoms with E-state index in [0.29, 0.717) is 16.4 Å². The van der Waals surface area contributed by atoms with Gasteiger partial charge < -0.3 is 10.6 Å². The van der Waals surface area contributed by atoms with Crippen molar-refractivity contribution in [3.63, 3.8) is 0 Å². The van der Waals surface area contributed by atoms with E-state index in [9.17, 15) is 4.79 Å². The van der Waals surface area contributed by atoms with E-state index in [1.165, 1.54) is 11.3 Å². The van der Waals surface area contributed by atoms with Crippen LogP contribution in [0.5, 0.6) is 0 Å². The molecule has 0 atom stereocenters. The summed E-state index contributed by atoms with van der Waals surface area (Å²) in [7, 11) is 0. The predicted octanol–water partition coefficient (Wildman–Crippen LogP) is 2.07. The van der Waals surface area contributed by atoms with Crippen LogP contribution < -0.4 is 10.6 Å². The molecule has 0 radical (unpaired) electrons. The molecular weight excluding hydrogens is 248 g/mol. The lowest BCUT2D eigenvalue weighted by molar-refractivity contribution is -0.114. The number of nitriles is 1. The van der Waals surface area contributed by atoms with Crippen LogP contribution in [0.2, 0.25) is 0 Å². The number of nitrogens with one attached hydrogen (secondary N) is 2. The lowest BCUT2D eigenvalue weighted by Crippen LogP contribution is -2.22. The summed E-state index contributed by atoms with van der Waals surface area (Å²) in [4.78, 5) is 15.7. The quantitative estimate of drug-likeness (QED) is 0.880. The molecule has 18 heavy (non-hydrogen) atoms. The van der Waals surface area contributed by atoms with Crippen LogP contribution in [-0.4, -0.2) is 17.4 Å². The van der Waals surface area contributed by atoms with Gasteiger partial charge in [0.1, 0.15) is 6.07 Å². The highest BCUT2D eigenvalue weighted by atomic mass is 32.1. The number of anilines is 2. The van der Waals surface area contributed by atoms with Gasteiger partial charge in [0.05, 0.1) is 17.8 Å². The molecule has 0 fully saturated rings. The summed E-state index contributed by atoms with van der Waals surface area (Å²) in [5, 5.41) is 17.0. The molecule has 0 unspecified atom stereocenters. The van der Waals surface area contributed by atoms with Gasteiger partial charge in [0.2, 0.25) is 5.91 Å². The number of benzene rings is 1. The summed E-state index contributed by atoms with van der Waals surface area (Å²) in [6.07, 6.45) is 1.66. The molecule has 0 aliphatic rings. The van der Waals surface area contributed by atoms with Crippen LogP contribution in [0.1, 0.15) is 5.56 Å². The van der Waals surface area contributed by atoms with Crippen LogP contribution in [0.4, 0.5) is 10.8 Å². The summed E-state index contributed by atoms with van der Waals surface area (Å²) in [5.41, 5.74) is 0.964. The van der Waals surface area contributed by atoms with Gasteiger partial charge in [-0.1, -0.05) is 12.1 Å². The molecule has 6 heteroatoms. The van der Waals surface area contributed by atoms with E-state index in [1.54, 1.807) is 30.5 Å². The van der Waals surface area contributed by atoms with E-state index in [-0.39, 0.29) is 12.5 Å². The van der Waals surface area contributed by atoms with Crippen molar-refractivity contribution < 1.29 is 4.79 Å². The van der Waals surface area contributed by atoms with E-state index >= 15 is 0 Å². The van der Waals surface area contributed by atoms with Gasteiger partial charge in [0.25, 0.3) is 0 Å². The molecule has 0 aliphatic carbocycles. The lowest BCUT2D eigenvalue weighted by Gasteiger charge is -2.06. The molecule has 0 aliphatic heterocycles. The molecule has 0 spiro atoms. The van der Waals surface area contributed by atoms with E-state index in [4.69, 9.17) is 5.26 Å². The van der Waals surface area contributed by atoms with Crippen LogP contribution in [0, 0.1) is 11.3 Å². The highest BCUT2D eigenvalue weighted by Gasteiger charge is 2.06. The SMILES string of the molecule is N#Cc1ccccc1NC(=O)CNc1nccs1. The summed E-state index contributed by atoms with van der Waals surface area (Å²) in [5.74, 6) is -0.215. The first kappa shape index (κ1) is 12.1. The zero-order valence-corrected chi connectivity index (χ0v) is 10.2. The maximum Gasteiger partial charge on any atom is 0.243 e. The second kappa shape index (κ2) is 5.80. The molecule has 0 saturated carbocycles. The average Bonchev–Trinajstić information content (AvgIpc) is 2.90. The summed E-state index contributed by atoms with van der Waals surface area (Å²) >= 11 is 1.42. The van der Waals surface area contributed by atoms with Gasteiger partial charge in [-0.15, -0.1) is 11.3 Å². The van der Waals surface area contributed by atoms with Gasteiger partial charge in [-0.2, -0.15) is 5.26 Å². The number of para-hydroxylation sites is 1. The minimum Gasteiger partial charge on any atom is -0.352 e. The predicted molar refractivity (Wildman–Crippen MR) is 70.4 cm³/mol. The number of thiazole rings is 1. The number of nitrogens with zero attached hydrogens (tertiary/aromatic N) is 2. The maximum absolute atomic E-state index is 11.7. The average molecular weight is 258 g/mol. The first-order valence-corrected chi connectivity index (χ1v) is 6.10. The number of rotatable bonds is 4. The van der Waals surface area contributed by atoms with Crippen molar-refractivity contribution in [3.8, 4) is 6.07 Å². The van der Waals surface area contributed by atoms with Gasteiger partial charge in [0, 0.05) is 11.6 Å². The van der Waals surface area contributed by atoms with Crippen molar-refractivity contribution in [3.05, 3.63) is 41.4 Å². The molecule has 1 heterocycles. The highest BCUT2D eigenvalue weighted by molar-refractivity contribution is 7.13. The van der Waals surface area contributed by atoms with E-state index < -0.39 is 0 Å². The maximum atomic E-state index is 11.7. The van der Waals surface area contributed by atoms with Crippen LogP contribution >= 0.6 is 11.3 Å². The van der Waals surface area contributed by atoms with Crippen LogP contribution in [-0.2, 0) is 4.79 Å². The van der Waals surface area contributed by atoms with Crippen molar-refractivity contribution in [1.82, 2.24) is 4.98 Å². The number of carbonyl (C=O) groups excluding carboxylic acids is 1. The Hall–Kier alpha value is -2.39. The van der Waals surface area contributed by atoms with Gasteiger partial charge >= 0.3 is 0 Å². The van der Waals surface area contributed by atoms with Crippen LogP contribution in [0.15, 0.2) is 35.8 Å². The minimum absolute atomic E-state index is 0.118. The second-order valence-corrected chi connectivity index (χ2v) is 4.29. The van der Waals surface area contributed by atoms with Gasteiger partial charge in [0.15, 0.2) is 5.13 Å². The van der Waals surface area contributed by atoms with Crippen molar-refractivity contribution in [2.45, 2.75) is 0 Å². The van der Waals surface area contributed by atoms with Gasteiger partial charge in [-0.25, -0.2) is 4.98 Å². The molecule has 0 saturated heterocycles. The molecule has 5 nitrogen and oxygen atoms in total. The van der Waals surface area contributed by atoms with Crippen molar-refractivity contribution in [2.75, 3.05) is 17.2 Å². The van der Waals surface area contributed by atoms with E-state index in [1.807, 2.05) is 11.4 Å². The summed E-state index contributed by atoms with van der Waals surface area (Å²) < 4.78 is 0. The fourth-order valence-corrected chi connectivity index (χ4v) is 1.88. The van der Waals surface area contributed by atoms with Crippen LogP contribution in [0.3, 0.4) is 0 Å². The smallest absolute Gasteiger partial charge is 0.243 e. The largest absolute Gasteiger partial charge is 0.352 e. The number of amides is 1. The zero-order valence-electron chi connectivity index (χ0n) is 9.38. The molecule has 2 rings (SSSR count). The number of carbonyl (C=O) groups is 1. The van der Waals surface area contributed by atoms with Crippen molar-refractivity contribution in [1.29, 1.82) is 5.26 Å². The monoisotopic (exact) mass is 258 g/mol. The lowest BCUT2D eigenvalue weighted by atomic mass is 10.2. The minimum atomic E-state index is -0.215. The Bertz CT molecular complexity index is 574. The Balaban J connectivity index is 1.93. The van der Waals surface area contributed by atoms with E-state index in [2.05, 4.69) is 15.6 Å². The number of aromatic nitrogens is 1. The Morgan fingerprint density at radius 1 is 1.44 bits per heavy atom. The molecule has 2 N–H and O–H groups in total. The van der Waals surface area contributed by atoms with Gasteiger partial charge in [-0.3, -0.25) is 4.79 Å². The Morgan fingerprint density at radius 2 is 2.28 bits per heavy atom. The topological polar surface area (TPSA) is 77.8 Å². The van der Waals surface area contributed by atoms with Crippen molar-refractivity contribution in [2.24, 2.45) is 0 Å². The summed E-state index contributed by atoms with van der Waals surface area (Å²) in [6, 6.07) is 8.90. The highest BCUT2D eigenvalue weighted by Crippen LogP contribution is 2.13. The molecule has 1 aromatic heterocycles. The van der Waals surface area contributed by atoms with Gasteiger partial charge in [-0.05, 0) is 12.1 Å². The van der Waals surface area contributed by atoms with Crippen LogP contribution in [0.25, 0.3) is 0 Å². The molecule has 1 aromatic carbocycles. The first-order chi connectivity index (χ1) is 8.79. The third-order valence-electron chi connectivity index (χ3n) is 2.15. The molecule has 0 bridgehead atoms. The fraction of sp³-hybridized carbons (Fsp3) is 0.0833. The molecule has 90 valence electrons. The Kier molecular flexibility index (Phi) is 3.89. The Morgan fingerprint density at radius 3 is 3.00 bits per heavy atom. The molecule has 1 amide bonds. The number of hydrogen-bond donors (Lipinski definition) is 2. The number of hydrogen-bond acceptors (Lipinski definition) is 5. The fourth-order valence-electron chi connectivity index (χ4n) is 1.35. The molecule has 2 aromatic rings. The second-order valence-electron chi connectivity index (χ2n) is 3.40. The standard InChI is InChI=1S/C12H10N4OS/c13-7-9-3-1-2-4-10(9)16-11(17)8-15-12-14-5-6-18-12/h1-6H,8H2,(H,14,15)(H,16,17). The van der Waals surface area contributed by atoms with E-state index in [0.717, 1.165) is 0 Å². The van der Waals surface area contributed by atoms with Crippen molar-refractivity contribution >= 4 is 28.1 Å².